The molecule has 9 heteroatoms. The van der Waals surface area contributed by atoms with Crippen LogP contribution in [0, 0.1) is 0 Å². The van der Waals surface area contributed by atoms with Crippen molar-refractivity contribution in [2.45, 2.75) is 6.61 Å². The number of ether oxygens (including phenoxy) is 1. The first kappa shape index (κ1) is 16.2. The van der Waals surface area contributed by atoms with Gasteiger partial charge in [-0.25, -0.2) is 4.98 Å². The summed E-state index contributed by atoms with van der Waals surface area (Å²) in [5.41, 5.74) is 0.736. The average molecular weight is 369 g/mol. The molecule has 4 rings (SSSR count). The summed E-state index contributed by atoms with van der Waals surface area (Å²) in [6.45, 7) is -0.764. The third-order valence-electron chi connectivity index (χ3n) is 3.90. The van der Waals surface area contributed by atoms with Crippen molar-refractivity contribution in [1.82, 2.24) is 14.9 Å². The predicted molar refractivity (Wildman–Crippen MR) is 91.8 cm³/mol. The Morgan fingerprint density at radius 3 is 2.50 bits per heavy atom. The molecule has 2 aromatic heterocycles. The zero-order chi connectivity index (χ0) is 18.3. The Labute approximate surface area is 150 Å². The summed E-state index contributed by atoms with van der Waals surface area (Å²) in [6, 6.07) is 8.06. The van der Waals surface area contributed by atoms with Crippen LogP contribution in [0.3, 0.4) is 0 Å². The minimum Gasteiger partial charge on any atom is -0.456 e. The second-order valence-electron chi connectivity index (χ2n) is 5.55. The van der Waals surface area contributed by atoms with Crippen molar-refractivity contribution in [3.05, 3.63) is 63.0 Å². The molecule has 0 spiro atoms. The van der Waals surface area contributed by atoms with E-state index in [9.17, 15) is 19.2 Å². The first-order chi connectivity index (χ1) is 12.5. The van der Waals surface area contributed by atoms with E-state index in [1.807, 2.05) is 0 Å². The summed E-state index contributed by atoms with van der Waals surface area (Å²) in [5.74, 6) is -1.65. The largest absolute Gasteiger partial charge is 0.456 e. The Bertz CT molecular complexity index is 1080. The normalized spacial score (nSPS) is 13.3. The lowest BCUT2D eigenvalue weighted by molar-refractivity contribution is -0.145. The number of hydrogen-bond acceptors (Lipinski definition) is 7. The van der Waals surface area contributed by atoms with Gasteiger partial charge in [-0.05, 0) is 23.6 Å². The average Bonchev–Trinajstić information content (AvgIpc) is 3.20. The van der Waals surface area contributed by atoms with Gasteiger partial charge in [0, 0.05) is 0 Å². The first-order valence-corrected chi connectivity index (χ1v) is 8.50. The quantitative estimate of drug-likeness (QED) is 0.549. The fourth-order valence-electron chi connectivity index (χ4n) is 2.70. The molecule has 8 nitrogen and oxygen atoms in total. The molecule has 1 aliphatic rings. The minimum absolute atomic E-state index is 0.191. The lowest BCUT2D eigenvalue weighted by atomic mass is 10.1. The first-order valence-electron chi connectivity index (χ1n) is 7.62. The van der Waals surface area contributed by atoms with Crippen LogP contribution in [0.2, 0.25) is 0 Å². The Morgan fingerprint density at radius 2 is 1.81 bits per heavy atom. The molecule has 0 saturated heterocycles. The monoisotopic (exact) mass is 369 g/mol. The van der Waals surface area contributed by atoms with Crippen molar-refractivity contribution in [2.75, 3.05) is 6.54 Å². The number of rotatable bonds is 4. The number of fused-ring (bicyclic) bond motifs is 2. The molecule has 130 valence electrons. The number of aromatic amines is 1. The van der Waals surface area contributed by atoms with Crippen molar-refractivity contribution >= 4 is 39.3 Å². The molecule has 0 unspecified atom stereocenters. The molecule has 1 aliphatic heterocycles. The van der Waals surface area contributed by atoms with Gasteiger partial charge >= 0.3 is 5.97 Å². The van der Waals surface area contributed by atoms with Gasteiger partial charge < -0.3 is 9.72 Å². The summed E-state index contributed by atoms with van der Waals surface area (Å²) in [6.07, 6.45) is 0. The molecule has 3 heterocycles. The second kappa shape index (κ2) is 6.19. The van der Waals surface area contributed by atoms with E-state index in [0.717, 1.165) is 4.90 Å². The Hall–Kier alpha value is -3.33. The van der Waals surface area contributed by atoms with E-state index < -0.39 is 24.3 Å². The highest BCUT2D eigenvalue weighted by atomic mass is 32.1. The van der Waals surface area contributed by atoms with Crippen molar-refractivity contribution in [3.8, 4) is 0 Å². The molecule has 0 radical (unpaired) electrons. The second-order valence-corrected chi connectivity index (χ2v) is 6.47. The summed E-state index contributed by atoms with van der Waals surface area (Å²) in [7, 11) is 0. The molecule has 3 aromatic rings. The third-order valence-corrected chi connectivity index (χ3v) is 4.80. The molecule has 2 amide bonds. The van der Waals surface area contributed by atoms with Crippen molar-refractivity contribution in [1.29, 1.82) is 0 Å². The lowest BCUT2D eigenvalue weighted by Gasteiger charge is -2.12. The van der Waals surface area contributed by atoms with Gasteiger partial charge in [0.05, 0.1) is 16.6 Å². The van der Waals surface area contributed by atoms with Gasteiger partial charge in [0.15, 0.2) is 0 Å². The van der Waals surface area contributed by atoms with E-state index in [1.165, 1.54) is 23.5 Å². The van der Waals surface area contributed by atoms with Crippen molar-refractivity contribution < 1.29 is 19.1 Å². The van der Waals surface area contributed by atoms with Crippen molar-refractivity contribution in [2.24, 2.45) is 0 Å². The Kier molecular flexibility index (Phi) is 3.85. The highest BCUT2D eigenvalue weighted by Crippen LogP contribution is 2.22. The highest BCUT2D eigenvalue weighted by Gasteiger charge is 2.36. The summed E-state index contributed by atoms with van der Waals surface area (Å²) < 4.78 is 5.54. The number of imide groups is 1. The molecule has 0 aliphatic carbocycles. The van der Waals surface area contributed by atoms with E-state index >= 15 is 0 Å². The minimum atomic E-state index is -0.771. The molecular weight excluding hydrogens is 358 g/mol. The maximum atomic E-state index is 12.2. The van der Waals surface area contributed by atoms with Crippen molar-refractivity contribution in [3.63, 3.8) is 0 Å². The lowest BCUT2D eigenvalue weighted by Crippen LogP contribution is -2.35. The fourth-order valence-corrected chi connectivity index (χ4v) is 3.42. The fraction of sp³-hybridized carbons (Fsp3) is 0.118. The molecule has 26 heavy (non-hydrogen) atoms. The highest BCUT2D eigenvalue weighted by molar-refractivity contribution is 7.17. The SMILES string of the molecule is O=C(CN1C(=O)c2ccccc2C1=O)OCc1nc2ccsc2c(=O)[nH]1. The number of nitrogens with zero attached hydrogens (tertiary/aromatic N) is 2. The number of carbonyl (C=O) groups excluding carboxylic acids is 3. The van der Waals surface area contributed by atoms with E-state index in [-0.39, 0.29) is 29.1 Å². The van der Waals surface area contributed by atoms with E-state index in [2.05, 4.69) is 9.97 Å². The number of benzene rings is 1. The van der Waals surface area contributed by atoms with E-state index in [0.29, 0.717) is 10.2 Å². The third kappa shape index (κ3) is 2.68. The van der Waals surface area contributed by atoms with E-state index in [4.69, 9.17) is 4.74 Å². The molecule has 0 atom stereocenters. The van der Waals surface area contributed by atoms with Gasteiger partial charge in [-0.15, -0.1) is 11.3 Å². The number of hydrogen-bond donors (Lipinski definition) is 1. The molecule has 0 bridgehead atoms. The van der Waals surface area contributed by atoms with Gasteiger partial charge in [-0.3, -0.25) is 24.1 Å². The Morgan fingerprint density at radius 1 is 1.12 bits per heavy atom. The molecular formula is C17H11N3O5S. The van der Waals surface area contributed by atoms with Crippen LogP contribution in [0.4, 0.5) is 0 Å². The number of nitrogens with one attached hydrogen (secondary N) is 1. The Balaban J connectivity index is 1.44. The van der Waals surface area contributed by atoms with Crippen LogP contribution in [-0.2, 0) is 16.1 Å². The number of thiophene rings is 1. The van der Waals surface area contributed by atoms with Gasteiger partial charge in [0.2, 0.25) is 0 Å². The smallest absolute Gasteiger partial charge is 0.326 e. The van der Waals surface area contributed by atoms with Gasteiger partial charge in [-0.2, -0.15) is 0 Å². The molecule has 1 aromatic carbocycles. The summed E-state index contributed by atoms with van der Waals surface area (Å²) in [4.78, 5) is 55.9. The van der Waals surface area contributed by atoms with E-state index in [1.54, 1.807) is 23.6 Å². The summed E-state index contributed by atoms with van der Waals surface area (Å²) in [5, 5.41) is 1.74. The zero-order valence-electron chi connectivity index (χ0n) is 13.2. The van der Waals surface area contributed by atoms with Crippen LogP contribution in [0.1, 0.15) is 26.5 Å². The number of aromatic nitrogens is 2. The predicted octanol–water partition coefficient (Wildman–Crippen LogP) is 1.32. The van der Waals surface area contributed by atoms with Crippen LogP contribution >= 0.6 is 11.3 Å². The number of esters is 1. The van der Waals surface area contributed by atoms with Gasteiger partial charge in [0.1, 0.15) is 23.7 Å². The maximum Gasteiger partial charge on any atom is 0.326 e. The number of amides is 2. The molecule has 1 N–H and O–H groups in total. The molecule has 0 saturated carbocycles. The number of H-pyrrole nitrogens is 1. The van der Waals surface area contributed by atoms with Crippen LogP contribution in [0.15, 0.2) is 40.5 Å². The van der Waals surface area contributed by atoms with Gasteiger partial charge in [-0.1, -0.05) is 12.1 Å². The van der Waals surface area contributed by atoms with Crippen LogP contribution in [0.25, 0.3) is 10.2 Å². The van der Waals surface area contributed by atoms with Crippen LogP contribution in [0.5, 0.6) is 0 Å². The molecule has 0 fully saturated rings. The van der Waals surface area contributed by atoms with Crippen LogP contribution < -0.4 is 5.56 Å². The maximum absolute atomic E-state index is 12.2. The summed E-state index contributed by atoms with van der Waals surface area (Å²) >= 11 is 1.27. The topological polar surface area (TPSA) is 109 Å². The zero-order valence-corrected chi connectivity index (χ0v) is 14.0. The van der Waals surface area contributed by atoms with Gasteiger partial charge in [0.25, 0.3) is 17.4 Å². The van der Waals surface area contributed by atoms with Crippen LogP contribution in [-0.4, -0.2) is 39.2 Å². The number of carbonyl (C=O) groups is 3. The standard InChI is InChI=1S/C17H11N3O5S/c21-13(7-20-16(23)9-3-1-2-4-10(9)17(20)24)25-8-12-18-11-5-6-26-14(11)15(22)19-12/h1-6H,7-8H2,(H,18,19,22).